The lowest BCUT2D eigenvalue weighted by atomic mass is 10.1. The van der Waals surface area contributed by atoms with Gasteiger partial charge in [0.25, 0.3) is 0 Å². The third-order valence-electron chi connectivity index (χ3n) is 4.62. The molecule has 128 valence electrons. The number of aryl methyl sites for hydroxylation is 1. The molecule has 1 amide bonds. The zero-order valence-electron chi connectivity index (χ0n) is 14.5. The van der Waals surface area contributed by atoms with Gasteiger partial charge >= 0.3 is 0 Å². The number of piperazine rings is 1. The molecule has 6 heteroatoms. The predicted octanol–water partition coefficient (Wildman–Crippen LogP) is 2.36. The van der Waals surface area contributed by atoms with Gasteiger partial charge in [0, 0.05) is 38.6 Å². The molecule has 1 aromatic carbocycles. The Morgan fingerprint density at radius 3 is 2.71 bits per heavy atom. The van der Waals surface area contributed by atoms with Gasteiger partial charge in [-0.3, -0.25) is 9.36 Å². The van der Waals surface area contributed by atoms with E-state index in [-0.39, 0.29) is 5.91 Å². The monoisotopic (exact) mass is 344 g/mol. The zero-order chi connectivity index (χ0) is 17.1. The standard InChI is InChI=1S/C18H24N4OS/c1-14-5-4-6-16(15(14)2)22-8-7-19-18(22)24-13-17(23)21-11-9-20(3)10-12-21/h4-8H,9-13H2,1-3H3. The van der Waals surface area contributed by atoms with Crippen LogP contribution in [-0.4, -0.2) is 64.2 Å². The van der Waals surface area contributed by atoms with Crippen LogP contribution in [0.25, 0.3) is 5.69 Å². The van der Waals surface area contributed by atoms with E-state index in [0.29, 0.717) is 5.75 Å². The number of carbonyl (C=O) groups excluding carboxylic acids is 1. The Morgan fingerprint density at radius 2 is 1.96 bits per heavy atom. The fraction of sp³-hybridized carbons (Fsp3) is 0.444. The minimum absolute atomic E-state index is 0.198. The van der Waals surface area contributed by atoms with Crippen LogP contribution >= 0.6 is 11.8 Å². The summed E-state index contributed by atoms with van der Waals surface area (Å²) in [5, 5.41) is 0.867. The van der Waals surface area contributed by atoms with Gasteiger partial charge in [-0.25, -0.2) is 4.98 Å². The van der Waals surface area contributed by atoms with E-state index in [2.05, 4.69) is 53.5 Å². The van der Waals surface area contributed by atoms with E-state index in [0.717, 1.165) is 37.0 Å². The van der Waals surface area contributed by atoms with Gasteiger partial charge in [0.1, 0.15) is 0 Å². The average molecular weight is 344 g/mol. The van der Waals surface area contributed by atoms with Crippen LogP contribution in [0.4, 0.5) is 0 Å². The summed E-state index contributed by atoms with van der Waals surface area (Å²) in [4.78, 5) is 21.1. The first kappa shape index (κ1) is 17.0. The van der Waals surface area contributed by atoms with Crippen LogP contribution in [0.3, 0.4) is 0 Å². The van der Waals surface area contributed by atoms with Gasteiger partial charge in [-0.2, -0.15) is 0 Å². The fourth-order valence-corrected chi connectivity index (χ4v) is 3.72. The first-order valence-electron chi connectivity index (χ1n) is 8.25. The Balaban J connectivity index is 1.68. The Hall–Kier alpha value is -1.79. The highest BCUT2D eigenvalue weighted by Crippen LogP contribution is 2.24. The Morgan fingerprint density at radius 1 is 1.21 bits per heavy atom. The number of hydrogen-bond donors (Lipinski definition) is 0. The van der Waals surface area contributed by atoms with Crippen molar-refractivity contribution in [3.05, 3.63) is 41.7 Å². The molecule has 0 spiro atoms. The second-order valence-corrected chi connectivity index (χ2v) is 7.21. The number of carbonyl (C=O) groups is 1. The van der Waals surface area contributed by atoms with Crippen molar-refractivity contribution in [2.24, 2.45) is 0 Å². The topological polar surface area (TPSA) is 41.4 Å². The van der Waals surface area contributed by atoms with E-state index in [4.69, 9.17) is 0 Å². The largest absolute Gasteiger partial charge is 0.339 e. The highest BCUT2D eigenvalue weighted by molar-refractivity contribution is 7.99. The molecular weight excluding hydrogens is 320 g/mol. The third kappa shape index (κ3) is 3.65. The summed E-state index contributed by atoms with van der Waals surface area (Å²) < 4.78 is 2.07. The van der Waals surface area contributed by atoms with E-state index in [1.165, 1.54) is 22.9 Å². The number of likely N-dealkylation sites (N-methyl/N-ethyl adjacent to an activating group) is 1. The van der Waals surface area contributed by atoms with Crippen molar-refractivity contribution in [2.75, 3.05) is 39.0 Å². The van der Waals surface area contributed by atoms with Crippen molar-refractivity contribution in [3.8, 4) is 5.69 Å². The van der Waals surface area contributed by atoms with E-state index >= 15 is 0 Å². The summed E-state index contributed by atoms with van der Waals surface area (Å²) in [6.07, 6.45) is 3.76. The van der Waals surface area contributed by atoms with Crippen LogP contribution in [0, 0.1) is 13.8 Å². The molecule has 0 bridgehead atoms. The van der Waals surface area contributed by atoms with Crippen LogP contribution in [-0.2, 0) is 4.79 Å². The van der Waals surface area contributed by atoms with Gasteiger partial charge in [0.05, 0.1) is 11.4 Å². The van der Waals surface area contributed by atoms with E-state index in [9.17, 15) is 4.79 Å². The van der Waals surface area contributed by atoms with E-state index < -0.39 is 0 Å². The van der Waals surface area contributed by atoms with Crippen LogP contribution < -0.4 is 0 Å². The van der Waals surface area contributed by atoms with Gasteiger partial charge in [-0.1, -0.05) is 23.9 Å². The number of thioether (sulfide) groups is 1. The van der Waals surface area contributed by atoms with E-state index in [1.54, 1.807) is 6.20 Å². The summed E-state index contributed by atoms with van der Waals surface area (Å²) in [5.74, 6) is 0.634. The fourth-order valence-electron chi connectivity index (χ4n) is 2.85. The lowest BCUT2D eigenvalue weighted by molar-refractivity contribution is -0.129. The first-order valence-corrected chi connectivity index (χ1v) is 9.24. The maximum atomic E-state index is 12.4. The lowest BCUT2D eigenvalue weighted by Crippen LogP contribution is -2.47. The van der Waals surface area contributed by atoms with Crippen LogP contribution in [0.15, 0.2) is 35.7 Å². The summed E-state index contributed by atoms with van der Waals surface area (Å²) in [5.41, 5.74) is 3.62. The Labute approximate surface area is 147 Å². The van der Waals surface area contributed by atoms with E-state index in [1.807, 2.05) is 11.1 Å². The molecule has 3 rings (SSSR count). The van der Waals surface area contributed by atoms with Crippen molar-refractivity contribution < 1.29 is 4.79 Å². The number of benzene rings is 1. The van der Waals surface area contributed by atoms with Gasteiger partial charge < -0.3 is 9.80 Å². The zero-order valence-corrected chi connectivity index (χ0v) is 15.3. The summed E-state index contributed by atoms with van der Waals surface area (Å²) >= 11 is 1.51. The summed E-state index contributed by atoms with van der Waals surface area (Å²) in [6.45, 7) is 7.78. The van der Waals surface area contributed by atoms with Crippen molar-refractivity contribution >= 4 is 17.7 Å². The van der Waals surface area contributed by atoms with Crippen molar-refractivity contribution in [2.45, 2.75) is 19.0 Å². The maximum Gasteiger partial charge on any atom is 0.233 e. The normalized spacial score (nSPS) is 15.7. The molecule has 0 N–H and O–H groups in total. The summed E-state index contributed by atoms with van der Waals surface area (Å²) in [7, 11) is 2.09. The number of aromatic nitrogens is 2. The second-order valence-electron chi connectivity index (χ2n) is 6.27. The Bertz CT molecular complexity index is 720. The number of hydrogen-bond acceptors (Lipinski definition) is 4. The number of nitrogens with zero attached hydrogens (tertiary/aromatic N) is 4. The van der Waals surface area contributed by atoms with Gasteiger partial charge in [0.2, 0.25) is 5.91 Å². The molecule has 1 saturated heterocycles. The first-order chi connectivity index (χ1) is 11.6. The van der Waals surface area contributed by atoms with Crippen LogP contribution in [0.2, 0.25) is 0 Å². The van der Waals surface area contributed by atoms with Crippen molar-refractivity contribution in [1.82, 2.24) is 19.4 Å². The molecule has 1 aliphatic rings. The van der Waals surface area contributed by atoms with Gasteiger partial charge in [-0.05, 0) is 38.1 Å². The minimum Gasteiger partial charge on any atom is -0.339 e. The minimum atomic E-state index is 0.198. The van der Waals surface area contributed by atoms with Crippen LogP contribution in [0.5, 0.6) is 0 Å². The molecule has 2 aromatic rings. The highest BCUT2D eigenvalue weighted by atomic mass is 32.2. The molecule has 24 heavy (non-hydrogen) atoms. The molecular formula is C18H24N4OS. The predicted molar refractivity (Wildman–Crippen MR) is 97.8 cm³/mol. The van der Waals surface area contributed by atoms with Gasteiger partial charge in [0.15, 0.2) is 5.16 Å². The molecule has 0 saturated carbocycles. The Kier molecular flexibility index (Phi) is 5.26. The maximum absolute atomic E-state index is 12.4. The number of rotatable bonds is 4. The molecule has 0 radical (unpaired) electrons. The lowest BCUT2D eigenvalue weighted by Gasteiger charge is -2.32. The number of amides is 1. The quantitative estimate of drug-likeness (QED) is 0.799. The molecule has 0 atom stereocenters. The third-order valence-corrected chi connectivity index (χ3v) is 5.57. The highest BCUT2D eigenvalue weighted by Gasteiger charge is 2.20. The smallest absolute Gasteiger partial charge is 0.233 e. The van der Waals surface area contributed by atoms with Crippen molar-refractivity contribution in [1.29, 1.82) is 0 Å². The van der Waals surface area contributed by atoms with Gasteiger partial charge in [-0.15, -0.1) is 0 Å². The van der Waals surface area contributed by atoms with Crippen molar-refractivity contribution in [3.63, 3.8) is 0 Å². The molecule has 2 heterocycles. The molecule has 1 fully saturated rings. The summed E-state index contributed by atoms with van der Waals surface area (Å²) in [6, 6.07) is 6.26. The molecule has 1 aliphatic heterocycles. The van der Waals surface area contributed by atoms with Crippen LogP contribution in [0.1, 0.15) is 11.1 Å². The average Bonchev–Trinajstić information content (AvgIpc) is 3.04. The second kappa shape index (κ2) is 7.40. The molecule has 1 aromatic heterocycles. The SMILES string of the molecule is Cc1cccc(-n2ccnc2SCC(=O)N2CCN(C)CC2)c1C. The number of imidazole rings is 1. The molecule has 0 unspecified atom stereocenters. The molecule has 0 aliphatic carbocycles. The molecule has 5 nitrogen and oxygen atoms in total.